The van der Waals surface area contributed by atoms with Crippen LogP contribution in [0.2, 0.25) is 0 Å². The number of benzene rings is 1. The van der Waals surface area contributed by atoms with Crippen LogP contribution in [0.25, 0.3) is 11.0 Å². The van der Waals surface area contributed by atoms with Gasteiger partial charge in [0.05, 0.1) is 22.9 Å². The lowest BCUT2D eigenvalue weighted by molar-refractivity contribution is 0.200. The molecule has 1 unspecified atom stereocenters. The molecule has 0 saturated carbocycles. The lowest BCUT2D eigenvalue weighted by Crippen LogP contribution is -2.02. The third-order valence-electron chi connectivity index (χ3n) is 1.95. The average molecular weight is 253 g/mol. The fourth-order valence-electron chi connectivity index (χ4n) is 1.21. The van der Waals surface area contributed by atoms with Crippen molar-refractivity contribution in [3.63, 3.8) is 0 Å². The molecular weight excluding hydrogens is 244 g/mol. The molecule has 3 nitrogen and oxygen atoms in total. The van der Waals surface area contributed by atoms with Crippen LogP contribution in [-0.2, 0) is 0 Å². The molecule has 0 fully saturated rings. The van der Waals surface area contributed by atoms with Gasteiger partial charge in [0.15, 0.2) is 0 Å². The van der Waals surface area contributed by atoms with Gasteiger partial charge >= 0.3 is 0 Å². The number of nitrogens with zero attached hydrogens (tertiary/aromatic N) is 2. The normalized spacial score (nSPS) is 13.0. The first-order valence-electron chi connectivity index (χ1n) is 4.27. The van der Waals surface area contributed by atoms with Crippen LogP contribution in [0.4, 0.5) is 0 Å². The van der Waals surface area contributed by atoms with E-state index in [1.54, 1.807) is 6.20 Å². The Hall–Kier alpha value is -1.00. The summed E-state index contributed by atoms with van der Waals surface area (Å²) < 4.78 is 0. The number of alkyl halides is 1. The number of hydrogen-bond donors (Lipinski definition) is 1. The predicted octanol–water partition coefficient (Wildman–Crippen LogP) is 2.06. The summed E-state index contributed by atoms with van der Waals surface area (Å²) in [6, 6.07) is 7.60. The third-order valence-corrected chi connectivity index (χ3v) is 2.57. The molecule has 1 atom stereocenters. The van der Waals surface area contributed by atoms with E-state index in [1.807, 2.05) is 24.3 Å². The molecule has 1 aromatic carbocycles. The molecule has 0 spiro atoms. The van der Waals surface area contributed by atoms with E-state index in [0.717, 1.165) is 11.0 Å². The van der Waals surface area contributed by atoms with Gasteiger partial charge in [-0.1, -0.05) is 28.1 Å². The van der Waals surface area contributed by atoms with Gasteiger partial charge < -0.3 is 5.11 Å². The van der Waals surface area contributed by atoms with E-state index in [-0.39, 0.29) is 0 Å². The molecule has 0 saturated heterocycles. The van der Waals surface area contributed by atoms with Crippen molar-refractivity contribution in [1.82, 2.24) is 9.97 Å². The molecule has 0 aliphatic heterocycles. The second-order valence-corrected chi connectivity index (χ2v) is 3.60. The van der Waals surface area contributed by atoms with Crippen LogP contribution in [0.3, 0.4) is 0 Å². The summed E-state index contributed by atoms with van der Waals surface area (Å²) in [5, 5.41) is 10.0. The van der Waals surface area contributed by atoms with Crippen molar-refractivity contribution < 1.29 is 5.11 Å². The van der Waals surface area contributed by atoms with Crippen molar-refractivity contribution >= 4 is 27.0 Å². The molecule has 0 radical (unpaired) electrons. The molecule has 1 aromatic heterocycles. The van der Waals surface area contributed by atoms with E-state index in [9.17, 15) is 5.11 Å². The van der Waals surface area contributed by atoms with Crippen molar-refractivity contribution in [3.8, 4) is 0 Å². The zero-order chi connectivity index (χ0) is 9.97. The second-order valence-electron chi connectivity index (χ2n) is 2.95. The second kappa shape index (κ2) is 4.02. The SMILES string of the molecule is OC(CBr)c1cnc2ccccc2n1. The maximum atomic E-state index is 9.54. The molecule has 1 heterocycles. The highest BCUT2D eigenvalue weighted by atomic mass is 79.9. The summed E-state index contributed by atoms with van der Waals surface area (Å²) in [6.07, 6.45) is 1.01. The summed E-state index contributed by atoms with van der Waals surface area (Å²) in [5.41, 5.74) is 2.25. The van der Waals surface area contributed by atoms with Crippen LogP contribution in [0, 0.1) is 0 Å². The Bertz CT molecular complexity index is 447. The van der Waals surface area contributed by atoms with E-state index in [4.69, 9.17) is 0 Å². The smallest absolute Gasteiger partial charge is 0.107 e. The fourth-order valence-corrected chi connectivity index (χ4v) is 1.54. The van der Waals surface area contributed by atoms with Crippen LogP contribution in [0.15, 0.2) is 30.5 Å². The number of fused-ring (bicyclic) bond motifs is 1. The zero-order valence-corrected chi connectivity index (χ0v) is 8.98. The minimum atomic E-state index is -0.591. The number of rotatable bonds is 2. The summed E-state index contributed by atoms with van der Waals surface area (Å²) in [5.74, 6) is 0. The Kier molecular flexibility index (Phi) is 2.74. The standard InChI is InChI=1S/C10H9BrN2O/c11-5-10(14)9-6-12-7-3-1-2-4-8(7)13-9/h1-4,6,10,14H,5H2. The molecule has 14 heavy (non-hydrogen) atoms. The lowest BCUT2D eigenvalue weighted by Gasteiger charge is -2.06. The van der Waals surface area contributed by atoms with Gasteiger partial charge in [-0.3, -0.25) is 4.98 Å². The molecule has 2 rings (SSSR count). The van der Waals surface area contributed by atoms with Crippen LogP contribution < -0.4 is 0 Å². The number of aliphatic hydroxyl groups excluding tert-OH is 1. The Morgan fingerprint density at radius 2 is 2.00 bits per heavy atom. The first-order valence-corrected chi connectivity index (χ1v) is 5.39. The Morgan fingerprint density at radius 1 is 1.29 bits per heavy atom. The molecule has 4 heteroatoms. The summed E-state index contributed by atoms with van der Waals surface area (Å²) in [7, 11) is 0. The minimum Gasteiger partial charge on any atom is -0.386 e. The van der Waals surface area contributed by atoms with Gasteiger partial charge in [0.1, 0.15) is 6.10 Å². The summed E-state index contributed by atoms with van der Waals surface area (Å²) in [6.45, 7) is 0. The van der Waals surface area contributed by atoms with Crippen LogP contribution >= 0.6 is 15.9 Å². The molecule has 2 aromatic rings. The van der Waals surface area contributed by atoms with E-state index < -0.39 is 6.10 Å². The lowest BCUT2D eigenvalue weighted by atomic mass is 10.2. The monoisotopic (exact) mass is 252 g/mol. The number of hydrogen-bond acceptors (Lipinski definition) is 3. The average Bonchev–Trinajstić information content (AvgIpc) is 2.27. The van der Waals surface area contributed by atoms with Gasteiger partial charge in [0, 0.05) is 5.33 Å². The first-order chi connectivity index (χ1) is 6.81. The zero-order valence-electron chi connectivity index (χ0n) is 7.39. The van der Waals surface area contributed by atoms with Gasteiger partial charge in [-0.2, -0.15) is 0 Å². The van der Waals surface area contributed by atoms with E-state index >= 15 is 0 Å². The van der Waals surface area contributed by atoms with Crippen LogP contribution in [-0.4, -0.2) is 20.4 Å². The number of halogens is 1. The van der Waals surface area contributed by atoms with Crippen molar-refractivity contribution in [2.24, 2.45) is 0 Å². The molecular formula is C10H9BrN2O. The maximum Gasteiger partial charge on any atom is 0.107 e. The van der Waals surface area contributed by atoms with Crippen LogP contribution in [0.5, 0.6) is 0 Å². The van der Waals surface area contributed by atoms with Crippen molar-refractivity contribution in [3.05, 3.63) is 36.2 Å². The minimum absolute atomic E-state index is 0.472. The quantitative estimate of drug-likeness (QED) is 0.833. The Labute approximate surface area is 89.9 Å². The molecule has 72 valence electrons. The first kappa shape index (κ1) is 9.55. The molecule has 1 N–H and O–H groups in total. The highest BCUT2D eigenvalue weighted by Gasteiger charge is 2.07. The van der Waals surface area contributed by atoms with Gasteiger partial charge in [-0.15, -0.1) is 0 Å². The number of aromatic nitrogens is 2. The summed E-state index contributed by atoms with van der Waals surface area (Å²) >= 11 is 3.20. The van der Waals surface area contributed by atoms with Gasteiger partial charge in [-0.25, -0.2) is 4.98 Å². The molecule has 0 amide bonds. The molecule has 0 bridgehead atoms. The van der Waals surface area contributed by atoms with E-state index in [2.05, 4.69) is 25.9 Å². The van der Waals surface area contributed by atoms with Crippen molar-refractivity contribution in [2.75, 3.05) is 5.33 Å². The van der Waals surface area contributed by atoms with E-state index in [0.29, 0.717) is 11.0 Å². The van der Waals surface area contributed by atoms with E-state index in [1.165, 1.54) is 0 Å². The third kappa shape index (κ3) is 1.76. The summed E-state index contributed by atoms with van der Waals surface area (Å²) in [4.78, 5) is 8.51. The maximum absolute atomic E-state index is 9.54. The van der Waals surface area contributed by atoms with Crippen molar-refractivity contribution in [2.45, 2.75) is 6.10 Å². The molecule has 0 aliphatic rings. The number of aliphatic hydroxyl groups is 1. The fraction of sp³-hybridized carbons (Fsp3) is 0.200. The Balaban J connectivity index is 2.51. The molecule has 0 aliphatic carbocycles. The van der Waals surface area contributed by atoms with Gasteiger partial charge in [0.2, 0.25) is 0 Å². The van der Waals surface area contributed by atoms with Gasteiger partial charge in [0.25, 0.3) is 0 Å². The largest absolute Gasteiger partial charge is 0.386 e. The number of para-hydroxylation sites is 2. The van der Waals surface area contributed by atoms with Crippen molar-refractivity contribution in [1.29, 1.82) is 0 Å². The highest BCUT2D eigenvalue weighted by Crippen LogP contribution is 2.15. The predicted molar refractivity (Wildman–Crippen MR) is 58.3 cm³/mol. The van der Waals surface area contributed by atoms with Gasteiger partial charge in [-0.05, 0) is 12.1 Å². The Morgan fingerprint density at radius 3 is 2.71 bits per heavy atom. The van der Waals surface area contributed by atoms with Crippen LogP contribution in [0.1, 0.15) is 11.8 Å². The highest BCUT2D eigenvalue weighted by molar-refractivity contribution is 9.09. The topological polar surface area (TPSA) is 46.0 Å².